The molecule has 0 radical (unpaired) electrons. The van der Waals surface area contributed by atoms with E-state index in [1.807, 2.05) is 48.5 Å². The summed E-state index contributed by atoms with van der Waals surface area (Å²) < 4.78 is 0. The highest BCUT2D eigenvalue weighted by atomic mass is 35.5. The second-order valence-corrected chi connectivity index (χ2v) is 8.79. The number of nitrogens with one attached hydrogen (secondary N) is 5. The van der Waals surface area contributed by atoms with Gasteiger partial charge in [0, 0.05) is 59.9 Å². The predicted molar refractivity (Wildman–Crippen MR) is 162 cm³/mol. The average molecular weight is 569 g/mol. The normalized spacial score (nSPS) is 14.1. The molecule has 11 heteroatoms. The molecule has 3 aromatic carbocycles. The lowest BCUT2D eigenvalue weighted by Crippen LogP contribution is -2.30. The Morgan fingerprint density at radius 3 is 1.41 bits per heavy atom. The summed E-state index contributed by atoms with van der Waals surface area (Å²) in [6.45, 7) is 3.50. The van der Waals surface area contributed by atoms with Crippen molar-refractivity contribution in [2.75, 3.05) is 42.1 Å². The van der Waals surface area contributed by atoms with Crippen LogP contribution >= 0.6 is 24.8 Å². The zero-order chi connectivity index (χ0) is 25.5. The molecule has 0 unspecified atom stereocenters. The van der Waals surface area contributed by atoms with Gasteiger partial charge >= 0.3 is 6.03 Å². The Morgan fingerprint density at radius 2 is 1.00 bits per heavy atom. The van der Waals surface area contributed by atoms with Gasteiger partial charge in [-0.25, -0.2) is 4.79 Å². The highest BCUT2D eigenvalue weighted by Gasteiger charge is 2.11. The summed E-state index contributed by atoms with van der Waals surface area (Å²) in [4.78, 5) is 34.0. The summed E-state index contributed by atoms with van der Waals surface area (Å²) in [6.07, 6.45) is 2.08. The molecule has 204 valence electrons. The van der Waals surface area contributed by atoms with Gasteiger partial charge in [-0.15, -0.1) is 24.8 Å². The maximum absolute atomic E-state index is 12.7. The molecular weight excluding hydrogens is 537 g/mol. The smallest absolute Gasteiger partial charge is 0.323 e. The van der Waals surface area contributed by atoms with E-state index >= 15 is 0 Å². The monoisotopic (exact) mass is 567 g/mol. The number of hydrogen-bond donors (Lipinski definition) is 5. The third-order valence-electron chi connectivity index (χ3n) is 6.03. The number of carbonyl (C=O) groups excluding carboxylic acids is 2. The van der Waals surface area contributed by atoms with E-state index in [1.54, 1.807) is 24.3 Å². The fraction of sp³-hybridized carbons (Fsp3) is 0.214. The summed E-state index contributed by atoms with van der Waals surface area (Å²) in [5.74, 6) is 1.55. The second-order valence-electron chi connectivity index (χ2n) is 8.79. The number of aliphatic imine (C=N–C) groups is 2. The molecule has 3 amide bonds. The number of hydrogen-bond acceptors (Lipinski definition) is 6. The first kappa shape index (κ1) is 29.5. The molecule has 0 bridgehead atoms. The first-order valence-electron chi connectivity index (χ1n) is 12.4. The largest absolute Gasteiger partial charge is 0.370 e. The van der Waals surface area contributed by atoms with Crippen molar-refractivity contribution >= 4 is 65.5 Å². The van der Waals surface area contributed by atoms with Crippen LogP contribution in [0.3, 0.4) is 0 Å². The summed E-state index contributed by atoms with van der Waals surface area (Å²) in [6, 6.07) is 21.5. The van der Waals surface area contributed by atoms with E-state index in [1.165, 1.54) is 0 Å². The number of halogens is 2. The molecule has 0 aliphatic carbocycles. The average Bonchev–Trinajstić information content (AvgIpc) is 2.95. The van der Waals surface area contributed by atoms with Crippen LogP contribution in [0.5, 0.6) is 0 Å². The highest BCUT2D eigenvalue weighted by molar-refractivity contribution is 6.06. The maximum Gasteiger partial charge on any atom is 0.323 e. The zero-order valence-electron chi connectivity index (χ0n) is 21.2. The molecule has 2 heterocycles. The summed E-state index contributed by atoms with van der Waals surface area (Å²) in [5.41, 5.74) is 4.43. The number of rotatable bonds is 6. The minimum absolute atomic E-state index is 0. The molecule has 5 rings (SSSR count). The molecule has 2 aliphatic heterocycles. The van der Waals surface area contributed by atoms with E-state index in [2.05, 4.69) is 36.6 Å². The number of nitrogens with zero attached hydrogens (tertiary/aromatic N) is 2. The lowest BCUT2D eigenvalue weighted by Gasteiger charge is -2.15. The number of anilines is 3. The van der Waals surface area contributed by atoms with E-state index in [9.17, 15) is 9.59 Å². The Bertz CT molecular complexity index is 1330. The van der Waals surface area contributed by atoms with Crippen LogP contribution in [0.15, 0.2) is 82.8 Å². The van der Waals surface area contributed by atoms with Crippen LogP contribution in [-0.2, 0) is 0 Å². The molecule has 0 aromatic heterocycles. The highest BCUT2D eigenvalue weighted by Crippen LogP contribution is 2.16. The van der Waals surface area contributed by atoms with Crippen LogP contribution in [0.25, 0.3) is 0 Å². The third kappa shape index (κ3) is 7.95. The van der Waals surface area contributed by atoms with Gasteiger partial charge in [-0.1, -0.05) is 0 Å². The molecular formula is C28H31Cl2N7O2. The molecule has 5 N–H and O–H groups in total. The van der Waals surface area contributed by atoms with Crippen LogP contribution in [0, 0.1) is 0 Å². The Morgan fingerprint density at radius 1 is 0.590 bits per heavy atom. The van der Waals surface area contributed by atoms with E-state index in [0.717, 1.165) is 61.8 Å². The van der Waals surface area contributed by atoms with E-state index in [4.69, 9.17) is 0 Å². The number of urea groups is 1. The number of benzene rings is 3. The summed E-state index contributed by atoms with van der Waals surface area (Å²) in [5, 5.41) is 15.1. The molecule has 0 saturated heterocycles. The maximum atomic E-state index is 12.7. The Balaban J connectivity index is 0.00000210. The van der Waals surface area contributed by atoms with Crippen molar-refractivity contribution in [2.24, 2.45) is 9.98 Å². The van der Waals surface area contributed by atoms with Crippen LogP contribution in [0.2, 0.25) is 0 Å². The third-order valence-corrected chi connectivity index (χ3v) is 6.03. The topological polar surface area (TPSA) is 119 Å². The Hall–Kier alpha value is -4.08. The van der Waals surface area contributed by atoms with Gasteiger partial charge in [-0.2, -0.15) is 0 Å². The van der Waals surface area contributed by atoms with Gasteiger partial charge in [-0.05, 0) is 85.6 Å². The van der Waals surface area contributed by atoms with Crippen LogP contribution in [0.1, 0.15) is 34.3 Å². The standard InChI is InChI=1S/C28H29N7O2.2ClH/c36-27(33-22-9-3-19(4-10-22)25-29-15-1-16-30-25)21-7-13-24(14-8-21)35-28(37)34-23-11-5-20(6-12-23)26-31-17-2-18-32-26;;/h3-14H,1-2,15-18H2,(H,29,30)(H,31,32)(H,33,36)(H2,34,35,37);2*1H. The van der Waals surface area contributed by atoms with E-state index in [0.29, 0.717) is 22.6 Å². The van der Waals surface area contributed by atoms with Crippen molar-refractivity contribution < 1.29 is 9.59 Å². The van der Waals surface area contributed by atoms with Crippen molar-refractivity contribution in [2.45, 2.75) is 12.8 Å². The minimum Gasteiger partial charge on any atom is -0.370 e. The first-order chi connectivity index (χ1) is 18.1. The van der Waals surface area contributed by atoms with Gasteiger partial charge in [0.15, 0.2) is 0 Å². The molecule has 39 heavy (non-hydrogen) atoms. The lowest BCUT2D eigenvalue weighted by molar-refractivity contribution is 0.102. The summed E-state index contributed by atoms with van der Waals surface area (Å²) in [7, 11) is 0. The molecule has 3 aromatic rings. The van der Waals surface area contributed by atoms with Gasteiger partial charge < -0.3 is 26.6 Å². The predicted octanol–water partition coefficient (Wildman–Crippen LogP) is 4.91. The molecule has 2 aliphatic rings. The molecule has 0 fully saturated rings. The lowest BCUT2D eigenvalue weighted by atomic mass is 10.1. The number of amidine groups is 2. The fourth-order valence-corrected chi connectivity index (χ4v) is 4.08. The van der Waals surface area contributed by atoms with Crippen molar-refractivity contribution in [1.29, 1.82) is 0 Å². The fourth-order valence-electron chi connectivity index (χ4n) is 4.08. The van der Waals surface area contributed by atoms with Gasteiger partial charge in [0.2, 0.25) is 0 Å². The van der Waals surface area contributed by atoms with Crippen LogP contribution < -0.4 is 26.6 Å². The Kier molecular flexibility index (Phi) is 10.7. The summed E-state index contributed by atoms with van der Waals surface area (Å²) >= 11 is 0. The van der Waals surface area contributed by atoms with Crippen LogP contribution in [0.4, 0.5) is 21.9 Å². The number of amides is 3. The second kappa shape index (κ2) is 14.2. The van der Waals surface area contributed by atoms with Crippen molar-refractivity contribution in [3.05, 3.63) is 89.5 Å². The quantitative estimate of drug-likeness (QED) is 0.291. The number of carbonyl (C=O) groups is 2. The Labute approximate surface area is 239 Å². The van der Waals surface area contributed by atoms with Crippen molar-refractivity contribution in [3.8, 4) is 0 Å². The minimum atomic E-state index is -0.366. The van der Waals surface area contributed by atoms with Gasteiger partial charge in [0.1, 0.15) is 11.7 Å². The molecule has 9 nitrogen and oxygen atoms in total. The van der Waals surface area contributed by atoms with Gasteiger partial charge in [-0.3, -0.25) is 14.8 Å². The van der Waals surface area contributed by atoms with Crippen molar-refractivity contribution in [1.82, 2.24) is 10.6 Å². The SMILES string of the molecule is Cl.Cl.O=C(Nc1ccc(C(=O)Nc2ccc(C3=NCCCN3)cc2)cc1)Nc1ccc(C2=NCCCN2)cc1. The van der Waals surface area contributed by atoms with Crippen LogP contribution in [-0.4, -0.2) is 49.8 Å². The van der Waals surface area contributed by atoms with E-state index in [-0.39, 0.29) is 36.8 Å². The first-order valence-corrected chi connectivity index (χ1v) is 12.4. The van der Waals surface area contributed by atoms with Gasteiger partial charge in [0.05, 0.1) is 0 Å². The van der Waals surface area contributed by atoms with E-state index < -0.39 is 0 Å². The zero-order valence-corrected chi connectivity index (χ0v) is 22.8. The molecule has 0 atom stereocenters. The van der Waals surface area contributed by atoms with Gasteiger partial charge in [0.25, 0.3) is 5.91 Å². The molecule has 0 saturated carbocycles. The molecule has 0 spiro atoms. The van der Waals surface area contributed by atoms with Crippen molar-refractivity contribution in [3.63, 3.8) is 0 Å².